The lowest BCUT2D eigenvalue weighted by Gasteiger charge is -2.25. The van der Waals surface area contributed by atoms with Crippen LogP contribution in [0.2, 0.25) is 5.15 Å². The van der Waals surface area contributed by atoms with Crippen molar-refractivity contribution in [3.8, 4) is 0 Å². The Balaban J connectivity index is 2.78. The highest BCUT2D eigenvalue weighted by molar-refractivity contribution is 6.29. The van der Waals surface area contributed by atoms with Gasteiger partial charge in [-0.3, -0.25) is 0 Å². The Hall–Kier alpha value is -0.910. The second-order valence-electron chi connectivity index (χ2n) is 3.82. The van der Waals surface area contributed by atoms with Gasteiger partial charge in [0.2, 0.25) is 0 Å². The molecule has 6 heteroatoms. The topological polar surface area (TPSA) is 69.5 Å². The van der Waals surface area contributed by atoms with E-state index < -0.39 is 12.2 Å². The summed E-state index contributed by atoms with van der Waals surface area (Å²) in [6, 6.07) is 3.33. The Morgan fingerprint density at radius 3 is 2.12 bits per heavy atom. The van der Waals surface area contributed by atoms with Crippen molar-refractivity contribution in [1.82, 2.24) is 10.2 Å². The van der Waals surface area contributed by atoms with E-state index in [-0.39, 0.29) is 0 Å². The zero-order valence-corrected chi connectivity index (χ0v) is 10.1. The molecule has 0 bridgehead atoms. The molecule has 2 unspecified atom stereocenters. The third-order valence-corrected chi connectivity index (χ3v) is 2.11. The Morgan fingerprint density at radius 1 is 1.19 bits per heavy atom. The lowest BCUT2D eigenvalue weighted by atomic mass is 10.3. The molecule has 0 fully saturated rings. The highest BCUT2D eigenvalue weighted by atomic mass is 35.5. The second-order valence-corrected chi connectivity index (χ2v) is 4.20. The van der Waals surface area contributed by atoms with Crippen LogP contribution in [0.25, 0.3) is 0 Å². The van der Waals surface area contributed by atoms with Crippen molar-refractivity contribution < 1.29 is 10.2 Å². The SMILES string of the molecule is CC(O)CN(CC(C)O)c1ccc(Cl)nn1. The summed E-state index contributed by atoms with van der Waals surface area (Å²) < 4.78 is 0. The van der Waals surface area contributed by atoms with E-state index in [1.165, 1.54) is 0 Å². The van der Waals surface area contributed by atoms with Crippen molar-refractivity contribution in [1.29, 1.82) is 0 Å². The molecule has 1 rings (SSSR count). The van der Waals surface area contributed by atoms with Gasteiger partial charge in [-0.15, -0.1) is 10.2 Å². The quantitative estimate of drug-likeness (QED) is 0.799. The summed E-state index contributed by atoms with van der Waals surface area (Å²) in [7, 11) is 0. The highest BCUT2D eigenvalue weighted by Gasteiger charge is 2.13. The molecule has 1 heterocycles. The van der Waals surface area contributed by atoms with Crippen LogP contribution in [-0.2, 0) is 0 Å². The maximum absolute atomic E-state index is 9.35. The molecule has 1 aromatic heterocycles. The van der Waals surface area contributed by atoms with E-state index in [0.29, 0.717) is 24.1 Å². The Labute approximate surface area is 99.7 Å². The summed E-state index contributed by atoms with van der Waals surface area (Å²) in [4.78, 5) is 1.76. The van der Waals surface area contributed by atoms with Gasteiger partial charge < -0.3 is 15.1 Å². The molecule has 1 aromatic rings. The second kappa shape index (κ2) is 5.98. The van der Waals surface area contributed by atoms with Gasteiger partial charge in [0.05, 0.1) is 12.2 Å². The van der Waals surface area contributed by atoms with Crippen LogP contribution in [0.15, 0.2) is 12.1 Å². The zero-order valence-electron chi connectivity index (χ0n) is 9.34. The predicted octanol–water partition coefficient (Wildman–Crippen LogP) is 0.698. The summed E-state index contributed by atoms with van der Waals surface area (Å²) >= 11 is 5.64. The summed E-state index contributed by atoms with van der Waals surface area (Å²) in [6.45, 7) is 4.14. The molecule has 0 spiro atoms. The first-order valence-corrected chi connectivity index (χ1v) is 5.47. The monoisotopic (exact) mass is 245 g/mol. The van der Waals surface area contributed by atoms with Crippen LogP contribution in [0.4, 0.5) is 5.82 Å². The number of halogens is 1. The summed E-state index contributed by atoms with van der Waals surface area (Å²) in [5.41, 5.74) is 0. The van der Waals surface area contributed by atoms with Crippen LogP contribution in [0, 0.1) is 0 Å². The molecular weight excluding hydrogens is 230 g/mol. The van der Waals surface area contributed by atoms with Crippen LogP contribution in [-0.4, -0.2) is 45.7 Å². The average Bonchev–Trinajstić information content (AvgIpc) is 2.16. The lowest BCUT2D eigenvalue weighted by molar-refractivity contribution is 0.177. The van der Waals surface area contributed by atoms with Crippen molar-refractivity contribution in [2.24, 2.45) is 0 Å². The predicted molar refractivity (Wildman–Crippen MR) is 62.6 cm³/mol. The minimum Gasteiger partial charge on any atom is -0.392 e. The first-order valence-electron chi connectivity index (χ1n) is 5.09. The van der Waals surface area contributed by atoms with E-state index >= 15 is 0 Å². The van der Waals surface area contributed by atoms with E-state index in [0.717, 1.165) is 0 Å². The van der Waals surface area contributed by atoms with E-state index in [4.69, 9.17) is 11.6 Å². The van der Waals surface area contributed by atoms with Crippen LogP contribution < -0.4 is 4.90 Å². The maximum Gasteiger partial charge on any atom is 0.151 e. The molecule has 2 atom stereocenters. The van der Waals surface area contributed by atoms with E-state index in [1.54, 1.807) is 30.9 Å². The summed E-state index contributed by atoms with van der Waals surface area (Å²) in [5, 5.41) is 26.7. The minimum atomic E-state index is -0.503. The number of hydrogen-bond donors (Lipinski definition) is 2. The van der Waals surface area contributed by atoms with Crippen molar-refractivity contribution in [2.75, 3.05) is 18.0 Å². The van der Waals surface area contributed by atoms with Gasteiger partial charge in [0.1, 0.15) is 0 Å². The molecule has 2 N–H and O–H groups in total. The number of anilines is 1. The number of aliphatic hydroxyl groups is 2. The molecule has 0 aromatic carbocycles. The lowest BCUT2D eigenvalue weighted by Crippen LogP contribution is -2.37. The van der Waals surface area contributed by atoms with Gasteiger partial charge in [-0.05, 0) is 26.0 Å². The molecular formula is C10H16ClN3O2. The van der Waals surface area contributed by atoms with Crippen LogP contribution in [0.5, 0.6) is 0 Å². The van der Waals surface area contributed by atoms with Crippen LogP contribution >= 0.6 is 11.6 Å². The van der Waals surface area contributed by atoms with E-state index in [1.807, 2.05) is 0 Å². The molecule has 0 amide bonds. The summed E-state index contributed by atoms with van der Waals surface area (Å²) in [6.07, 6.45) is -1.01. The zero-order chi connectivity index (χ0) is 12.1. The number of hydrogen-bond acceptors (Lipinski definition) is 5. The van der Waals surface area contributed by atoms with Gasteiger partial charge in [0, 0.05) is 13.1 Å². The fourth-order valence-electron chi connectivity index (χ4n) is 1.38. The van der Waals surface area contributed by atoms with Crippen molar-refractivity contribution in [2.45, 2.75) is 26.1 Å². The smallest absolute Gasteiger partial charge is 0.151 e. The van der Waals surface area contributed by atoms with Gasteiger partial charge in [-0.25, -0.2) is 0 Å². The molecule has 90 valence electrons. The molecule has 5 nitrogen and oxygen atoms in total. The average molecular weight is 246 g/mol. The van der Waals surface area contributed by atoms with Gasteiger partial charge in [-0.1, -0.05) is 11.6 Å². The van der Waals surface area contributed by atoms with Gasteiger partial charge in [0.25, 0.3) is 0 Å². The van der Waals surface area contributed by atoms with Gasteiger partial charge in [-0.2, -0.15) is 0 Å². The van der Waals surface area contributed by atoms with E-state index in [2.05, 4.69) is 10.2 Å². The van der Waals surface area contributed by atoms with Crippen LogP contribution in [0.3, 0.4) is 0 Å². The molecule has 0 aliphatic rings. The van der Waals surface area contributed by atoms with Crippen molar-refractivity contribution >= 4 is 17.4 Å². The number of aromatic nitrogens is 2. The first-order chi connectivity index (χ1) is 7.49. The summed E-state index contributed by atoms with van der Waals surface area (Å²) in [5.74, 6) is 0.589. The molecule has 0 saturated carbocycles. The van der Waals surface area contributed by atoms with Gasteiger partial charge >= 0.3 is 0 Å². The van der Waals surface area contributed by atoms with Crippen molar-refractivity contribution in [3.63, 3.8) is 0 Å². The Bertz CT molecular complexity index is 306. The molecule has 0 saturated heterocycles. The van der Waals surface area contributed by atoms with Gasteiger partial charge in [0.15, 0.2) is 11.0 Å². The fraction of sp³-hybridized carbons (Fsp3) is 0.600. The number of nitrogens with zero attached hydrogens (tertiary/aromatic N) is 3. The fourth-order valence-corrected chi connectivity index (χ4v) is 1.48. The number of rotatable bonds is 5. The highest BCUT2D eigenvalue weighted by Crippen LogP contribution is 2.12. The molecule has 0 radical (unpaired) electrons. The minimum absolute atomic E-state index is 0.317. The standard InChI is InChI=1S/C10H16ClN3O2/c1-7(15)5-14(6-8(2)16)10-4-3-9(11)12-13-10/h3-4,7-8,15-16H,5-6H2,1-2H3. The normalized spacial score (nSPS) is 14.6. The molecule has 0 aliphatic carbocycles. The van der Waals surface area contributed by atoms with Crippen LogP contribution in [0.1, 0.15) is 13.8 Å². The number of aliphatic hydroxyl groups excluding tert-OH is 2. The Morgan fingerprint density at radius 2 is 1.75 bits per heavy atom. The van der Waals surface area contributed by atoms with E-state index in [9.17, 15) is 10.2 Å². The maximum atomic E-state index is 9.35. The molecule has 16 heavy (non-hydrogen) atoms. The third-order valence-electron chi connectivity index (χ3n) is 1.91. The first kappa shape index (κ1) is 13.2. The Kier molecular flexibility index (Phi) is 4.92. The molecule has 0 aliphatic heterocycles. The third kappa shape index (κ3) is 4.30. The largest absolute Gasteiger partial charge is 0.392 e. The van der Waals surface area contributed by atoms with Crippen molar-refractivity contribution in [3.05, 3.63) is 17.3 Å².